The van der Waals surface area contributed by atoms with Gasteiger partial charge in [-0.3, -0.25) is 9.36 Å². The second-order valence-corrected chi connectivity index (χ2v) is 8.07. The summed E-state index contributed by atoms with van der Waals surface area (Å²) in [4.78, 5) is 12.4. The smallest absolute Gasteiger partial charge is 0.234 e. The highest BCUT2D eigenvalue weighted by Gasteiger charge is 2.17. The molecule has 0 aliphatic carbocycles. The van der Waals surface area contributed by atoms with E-state index in [1.807, 2.05) is 60.0 Å². The van der Waals surface area contributed by atoms with Gasteiger partial charge in [0.1, 0.15) is 0 Å². The number of aryl methyl sites for hydroxylation is 1. The first-order valence-corrected chi connectivity index (χ1v) is 10.7. The molecule has 4 aromatic rings. The van der Waals surface area contributed by atoms with Gasteiger partial charge in [0.15, 0.2) is 11.0 Å². The fourth-order valence-corrected chi connectivity index (χ4v) is 3.98. The molecule has 0 radical (unpaired) electrons. The SMILES string of the molecule is Cc1cccc(-c2nnc(SCC(=O)Nc3cccc(Cl)c3)n2-c2ccccc2)c1. The lowest BCUT2D eigenvalue weighted by atomic mass is 10.1. The molecule has 0 saturated carbocycles. The first kappa shape index (κ1) is 20.2. The normalized spacial score (nSPS) is 10.7. The van der Waals surface area contributed by atoms with Crippen LogP contribution in [0.5, 0.6) is 0 Å². The second kappa shape index (κ2) is 9.15. The van der Waals surface area contributed by atoms with Crippen molar-refractivity contribution in [2.24, 2.45) is 0 Å². The molecule has 0 spiro atoms. The highest BCUT2D eigenvalue weighted by molar-refractivity contribution is 7.99. The molecule has 3 aromatic carbocycles. The average molecular weight is 435 g/mol. The van der Waals surface area contributed by atoms with Gasteiger partial charge in [0.2, 0.25) is 5.91 Å². The lowest BCUT2D eigenvalue weighted by Gasteiger charge is -2.11. The van der Waals surface area contributed by atoms with Crippen molar-refractivity contribution in [3.05, 3.63) is 89.4 Å². The van der Waals surface area contributed by atoms with Gasteiger partial charge in [0.25, 0.3) is 0 Å². The molecule has 4 rings (SSSR count). The molecule has 30 heavy (non-hydrogen) atoms. The number of rotatable bonds is 6. The molecule has 0 aliphatic heterocycles. The Balaban J connectivity index is 1.59. The third-order valence-electron chi connectivity index (χ3n) is 4.36. The summed E-state index contributed by atoms with van der Waals surface area (Å²) in [5.74, 6) is 0.801. The second-order valence-electron chi connectivity index (χ2n) is 6.69. The Bertz CT molecular complexity index is 1180. The number of hydrogen-bond acceptors (Lipinski definition) is 4. The molecule has 5 nitrogen and oxygen atoms in total. The summed E-state index contributed by atoms with van der Waals surface area (Å²) in [5.41, 5.74) is 3.72. The maximum Gasteiger partial charge on any atom is 0.234 e. The number of amides is 1. The van der Waals surface area contributed by atoms with Crippen LogP contribution >= 0.6 is 23.4 Å². The molecular formula is C23H19ClN4OS. The van der Waals surface area contributed by atoms with E-state index in [9.17, 15) is 4.79 Å². The standard InChI is InChI=1S/C23H19ClN4OS/c1-16-7-5-8-17(13-16)22-26-27-23(28(22)20-11-3-2-4-12-20)30-15-21(29)25-19-10-6-9-18(24)14-19/h2-14H,15H2,1H3,(H,25,29). The van der Waals surface area contributed by atoms with Crippen LogP contribution in [0.2, 0.25) is 5.02 Å². The zero-order valence-electron chi connectivity index (χ0n) is 16.2. The van der Waals surface area contributed by atoms with E-state index in [0.717, 1.165) is 22.6 Å². The van der Waals surface area contributed by atoms with Crippen LogP contribution in [0.3, 0.4) is 0 Å². The van der Waals surface area contributed by atoms with Crippen molar-refractivity contribution in [1.29, 1.82) is 0 Å². The van der Waals surface area contributed by atoms with Crippen molar-refractivity contribution < 1.29 is 4.79 Å². The Hall–Kier alpha value is -3.09. The van der Waals surface area contributed by atoms with Gasteiger partial charge in [-0.2, -0.15) is 0 Å². The Kier molecular flexibility index (Phi) is 6.16. The lowest BCUT2D eigenvalue weighted by molar-refractivity contribution is -0.113. The van der Waals surface area contributed by atoms with Crippen LogP contribution in [0, 0.1) is 6.92 Å². The molecule has 0 unspecified atom stereocenters. The molecule has 0 bridgehead atoms. The number of nitrogens with one attached hydrogen (secondary N) is 1. The van der Waals surface area contributed by atoms with E-state index in [4.69, 9.17) is 11.6 Å². The summed E-state index contributed by atoms with van der Waals surface area (Å²) < 4.78 is 1.98. The van der Waals surface area contributed by atoms with E-state index >= 15 is 0 Å². The molecule has 1 heterocycles. The van der Waals surface area contributed by atoms with Crippen LogP contribution in [0.1, 0.15) is 5.56 Å². The first-order chi connectivity index (χ1) is 14.6. The quantitative estimate of drug-likeness (QED) is 0.400. The number of aromatic nitrogens is 3. The topological polar surface area (TPSA) is 59.8 Å². The maximum atomic E-state index is 12.4. The number of carbonyl (C=O) groups excluding carboxylic acids is 1. The molecule has 0 fully saturated rings. The number of carbonyl (C=O) groups is 1. The summed E-state index contributed by atoms with van der Waals surface area (Å²) in [5, 5.41) is 12.9. The lowest BCUT2D eigenvalue weighted by Crippen LogP contribution is -2.14. The number of benzene rings is 3. The number of halogens is 1. The van der Waals surface area contributed by atoms with Gasteiger partial charge in [0, 0.05) is 22.0 Å². The minimum absolute atomic E-state index is 0.137. The highest BCUT2D eigenvalue weighted by Crippen LogP contribution is 2.28. The summed E-state index contributed by atoms with van der Waals surface area (Å²) in [6, 6.07) is 25.1. The fourth-order valence-electron chi connectivity index (χ4n) is 3.04. The van der Waals surface area contributed by atoms with Crippen molar-refractivity contribution in [2.45, 2.75) is 12.1 Å². The summed E-state index contributed by atoms with van der Waals surface area (Å²) in [6.07, 6.45) is 0. The molecular weight excluding hydrogens is 416 g/mol. The molecule has 0 atom stereocenters. The maximum absolute atomic E-state index is 12.4. The Morgan fingerprint density at radius 2 is 1.80 bits per heavy atom. The third-order valence-corrected chi connectivity index (χ3v) is 5.53. The minimum atomic E-state index is -0.137. The van der Waals surface area contributed by atoms with E-state index in [-0.39, 0.29) is 11.7 Å². The molecule has 0 aliphatic rings. The number of para-hydroxylation sites is 1. The predicted molar refractivity (Wildman–Crippen MR) is 122 cm³/mol. The van der Waals surface area contributed by atoms with Crippen LogP contribution in [-0.2, 0) is 4.79 Å². The number of nitrogens with zero attached hydrogens (tertiary/aromatic N) is 3. The van der Waals surface area contributed by atoms with Gasteiger partial charge in [-0.25, -0.2) is 0 Å². The van der Waals surface area contributed by atoms with Gasteiger partial charge in [-0.05, 0) is 43.3 Å². The average Bonchev–Trinajstić information content (AvgIpc) is 3.17. The zero-order chi connectivity index (χ0) is 20.9. The van der Waals surface area contributed by atoms with E-state index in [0.29, 0.717) is 15.9 Å². The molecule has 150 valence electrons. The fraction of sp³-hybridized carbons (Fsp3) is 0.0870. The molecule has 1 amide bonds. The van der Waals surface area contributed by atoms with Gasteiger partial charge >= 0.3 is 0 Å². The van der Waals surface area contributed by atoms with E-state index < -0.39 is 0 Å². The van der Waals surface area contributed by atoms with Gasteiger partial charge in [-0.1, -0.05) is 71.4 Å². The largest absolute Gasteiger partial charge is 0.325 e. The van der Waals surface area contributed by atoms with E-state index in [2.05, 4.69) is 21.6 Å². The van der Waals surface area contributed by atoms with Gasteiger partial charge in [0.05, 0.1) is 5.75 Å². The van der Waals surface area contributed by atoms with Crippen LogP contribution in [0.15, 0.2) is 84.0 Å². The van der Waals surface area contributed by atoms with Crippen molar-refractivity contribution in [2.75, 3.05) is 11.1 Å². The zero-order valence-corrected chi connectivity index (χ0v) is 17.8. The van der Waals surface area contributed by atoms with Crippen molar-refractivity contribution >= 4 is 35.0 Å². The first-order valence-electron chi connectivity index (χ1n) is 9.36. The minimum Gasteiger partial charge on any atom is -0.325 e. The van der Waals surface area contributed by atoms with E-state index in [1.165, 1.54) is 11.8 Å². The van der Waals surface area contributed by atoms with Gasteiger partial charge < -0.3 is 5.32 Å². The monoisotopic (exact) mass is 434 g/mol. The summed E-state index contributed by atoms with van der Waals surface area (Å²) >= 11 is 7.32. The molecule has 7 heteroatoms. The van der Waals surface area contributed by atoms with Crippen LogP contribution in [0.4, 0.5) is 5.69 Å². The number of anilines is 1. The molecule has 1 N–H and O–H groups in total. The Morgan fingerprint density at radius 1 is 1.00 bits per heavy atom. The highest BCUT2D eigenvalue weighted by atomic mass is 35.5. The number of hydrogen-bond donors (Lipinski definition) is 1. The summed E-state index contributed by atoms with van der Waals surface area (Å²) in [7, 11) is 0. The van der Waals surface area contributed by atoms with Crippen molar-refractivity contribution in [1.82, 2.24) is 14.8 Å². The summed E-state index contributed by atoms with van der Waals surface area (Å²) in [6.45, 7) is 2.04. The number of thioether (sulfide) groups is 1. The van der Waals surface area contributed by atoms with E-state index in [1.54, 1.807) is 24.3 Å². The van der Waals surface area contributed by atoms with Crippen LogP contribution < -0.4 is 5.32 Å². The van der Waals surface area contributed by atoms with Crippen LogP contribution in [0.25, 0.3) is 17.1 Å². The van der Waals surface area contributed by atoms with Crippen molar-refractivity contribution in [3.8, 4) is 17.1 Å². The Morgan fingerprint density at radius 3 is 2.57 bits per heavy atom. The molecule has 0 saturated heterocycles. The predicted octanol–water partition coefficient (Wildman–Crippen LogP) is 5.63. The van der Waals surface area contributed by atoms with Gasteiger partial charge in [-0.15, -0.1) is 10.2 Å². The Labute approximate surface area is 184 Å². The third kappa shape index (κ3) is 4.72. The van der Waals surface area contributed by atoms with Crippen molar-refractivity contribution in [3.63, 3.8) is 0 Å². The molecule has 1 aromatic heterocycles. The van der Waals surface area contributed by atoms with Crippen LogP contribution in [-0.4, -0.2) is 26.4 Å².